The first-order valence-electron chi connectivity index (χ1n) is 8.84. The molecule has 1 aromatic carbocycles. The van der Waals surface area contributed by atoms with Crippen LogP contribution < -0.4 is 0 Å². The Balaban J connectivity index is 1.51. The molecule has 0 aliphatic rings. The van der Waals surface area contributed by atoms with Crippen molar-refractivity contribution in [2.75, 3.05) is 7.05 Å². The Morgan fingerprint density at radius 1 is 1.16 bits per heavy atom. The lowest BCUT2D eigenvalue weighted by molar-refractivity contribution is -0.155. The minimum absolute atomic E-state index is 0.0167. The Hall–Kier alpha value is -2.96. The summed E-state index contributed by atoms with van der Waals surface area (Å²) in [6, 6.07) is 12.8. The summed E-state index contributed by atoms with van der Waals surface area (Å²) < 4.78 is 71.0. The predicted octanol–water partition coefficient (Wildman–Crippen LogP) is 4.43. The largest absolute Gasteiger partial charge is 0.452 e. The van der Waals surface area contributed by atoms with E-state index in [9.17, 15) is 21.6 Å². The second-order valence-corrected chi connectivity index (χ2v) is 9.94. The third-order valence-corrected chi connectivity index (χ3v) is 7.73. The van der Waals surface area contributed by atoms with Gasteiger partial charge in [0.2, 0.25) is 5.76 Å². The van der Waals surface area contributed by atoms with Gasteiger partial charge < -0.3 is 4.52 Å². The number of rotatable bonds is 6. The maximum Gasteiger partial charge on any atom is 0.452 e. The molecule has 0 atom stereocenters. The van der Waals surface area contributed by atoms with Gasteiger partial charge in [0.1, 0.15) is 9.90 Å². The molecule has 4 rings (SSSR count). The van der Waals surface area contributed by atoms with Crippen LogP contribution in [0.4, 0.5) is 13.2 Å². The molecule has 0 aliphatic heterocycles. The Kier molecular flexibility index (Phi) is 5.45. The number of nitrogens with zero attached hydrogens (tertiary/aromatic N) is 4. The lowest BCUT2D eigenvalue weighted by atomic mass is 10.3. The van der Waals surface area contributed by atoms with Crippen molar-refractivity contribution >= 4 is 21.4 Å². The van der Waals surface area contributed by atoms with Gasteiger partial charge in [0.05, 0.1) is 16.8 Å². The van der Waals surface area contributed by atoms with Crippen LogP contribution >= 0.6 is 11.3 Å². The van der Waals surface area contributed by atoms with Gasteiger partial charge in [0.15, 0.2) is 0 Å². The highest BCUT2D eigenvalue weighted by atomic mass is 32.2. The van der Waals surface area contributed by atoms with E-state index < -0.39 is 22.0 Å². The highest BCUT2D eigenvalue weighted by Gasteiger charge is 2.36. The van der Waals surface area contributed by atoms with Gasteiger partial charge in [-0.2, -0.15) is 22.6 Å². The number of aromatic nitrogens is 3. The molecule has 31 heavy (non-hydrogen) atoms. The van der Waals surface area contributed by atoms with Crippen molar-refractivity contribution in [2.24, 2.45) is 0 Å². The third-order valence-electron chi connectivity index (χ3n) is 4.35. The highest BCUT2D eigenvalue weighted by molar-refractivity contribution is 7.91. The SMILES string of the molecule is CN(Cc1cnn(-c2ccccc2)c1)S(=O)(=O)c1ccc(-c2cc(C(F)(F)F)on2)s1. The van der Waals surface area contributed by atoms with Crippen LogP contribution in [0.15, 0.2) is 69.7 Å². The normalized spacial score (nSPS) is 12.5. The van der Waals surface area contributed by atoms with E-state index in [0.717, 1.165) is 27.4 Å². The molecule has 0 fully saturated rings. The number of benzene rings is 1. The fraction of sp³-hybridized carbons (Fsp3) is 0.158. The molecule has 0 saturated heterocycles. The summed E-state index contributed by atoms with van der Waals surface area (Å²) in [6.45, 7) is 0.0740. The Bertz CT molecular complexity index is 1290. The molecule has 0 bridgehead atoms. The van der Waals surface area contributed by atoms with Crippen LogP contribution in [-0.2, 0) is 22.7 Å². The predicted molar refractivity (Wildman–Crippen MR) is 107 cm³/mol. The molecule has 4 aromatic rings. The third kappa shape index (κ3) is 4.40. The molecule has 7 nitrogen and oxygen atoms in total. The molecule has 3 aromatic heterocycles. The molecule has 12 heteroatoms. The summed E-state index contributed by atoms with van der Waals surface area (Å²) in [5.41, 5.74) is 1.44. The average molecular weight is 468 g/mol. The second-order valence-electron chi connectivity index (χ2n) is 6.58. The minimum Gasteiger partial charge on any atom is -0.351 e. The van der Waals surface area contributed by atoms with Crippen molar-refractivity contribution < 1.29 is 26.1 Å². The van der Waals surface area contributed by atoms with Crippen LogP contribution in [-0.4, -0.2) is 34.7 Å². The van der Waals surface area contributed by atoms with Gasteiger partial charge in [-0.1, -0.05) is 23.4 Å². The van der Waals surface area contributed by atoms with Crippen LogP contribution in [0.2, 0.25) is 0 Å². The maximum absolute atomic E-state index is 12.9. The van der Waals surface area contributed by atoms with Crippen LogP contribution in [0, 0.1) is 0 Å². The van der Waals surface area contributed by atoms with E-state index in [-0.39, 0.29) is 21.3 Å². The van der Waals surface area contributed by atoms with E-state index in [1.54, 1.807) is 17.1 Å². The van der Waals surface area contributed by atoms with Crippen molar-refractivity contribution in [1.82, 2.24) is 19.2 Å². The summed E-state index contributed by atoms with van der Waals surface area (Å²) >= 11 is 0.818. The first kappa shape index (κ1) is 21.3. The molecule has 0 saturated carbocycles. The summed E-state index contributed by atoms with van der Waals surface area (Å²) in [4.78, 5) is 0.253. The average Bonchev–Trinajstić information content (AvgIpc) is 3.47. The van der Waals surface area contributed by atoms with Gasteiger partial charge in [-0.3, -0.25) is 0 Å². The van der Waals surface area contributed by atoms with Gasteiger partial charge in [-0.05, 0) is 24.3 Å². The number of thiophene rings is 1. The zero-order chi connectivity index (χ0) is 22.2. The number of para-hydroxylation sites is 1. The zero-order valence-corrected chi connectivity index (χ0v) is 17.6. The fourth-order valence-corrected chi connectivity index (χ4v) is 5.41. The minimum atomic E-state index is -4.66. The molecule has 0 aliphatic carbocycles. The van der Waals surface area contributed by atoms with Gasteiger partial charge in [0.25, 0.3) is 10.0 Å². The maximum atomic E-state index is 12.9. The quantitative estimate of drug-likeness (QED) is 0.418. The van der Waals surface area contributed by atoms with Crippen LogP contribution in [0.25, 0.3) is 16.3 Å². The second kappa shape index (κ2) is 7.94. The fourth-order valence-electron chi connectivity index (χ4n) is 2.78. The van der Waals surface area contributed by atoms with Crippen LogP contribution in [0.1, 0.15) is 11.3 Å². The van der Waals surface area contributed by atoms with Crippen molar-refractivity contribution in [1.29, 1.82) is 0 Å². The topological polar surface area (TPSA) is 81.2 Å². The van der Waals surface area contributed by atoms with Gasteiger partial charge in [-0.15, -0.1) is 11.3 Å². The van der Waals surface area contributed by atoms with E-state index >= 15 is 0 Å². The number of halogens is 3. The van der Waals surface area contributed by atoms with E-state index in [1.807, 2.05) is 30.3 Å². The molecule has 0 amide bonds. The zero-order valence-electron chi connectivity index (χ0n) is 15.9. The molecule has 3 heterocycles. The van der Waals surface area contributed by atoms with E-state index in [4.69, 9.17) is 0 Å². The summed E-state index contributed by atoms with van der Waals surface area (Å²) in [7, 11) is -2.44. The number of hydrogen-bond acceptors (Lipinski definition) is 6. The Labute approximate surface area is 179 Å². The van der Waals surface area contributed by atoms with Crippen molar-refractivity contribution in [3.8, 4) is 16.3 Å². The number of hydrogen-bond donors (Lipinski definition) is 0. The summed E-state index contributed by atoms with van der Waals surface area (Å²) in [5.74, 6) is -1.24. The van der Waals surface area contributed by atoms with E-state index in [1.165, 1.54) is 19.2 Å². The highest BCUT2D eigenvalue weighted by Crippen LogP contribution is 2.36. The van der Waals surface area contributed by atoms with Crippen molar-refractivity contribution in [3.05, 3.63) is 72.2 Å². The van der Waals surface area contributed by atoms with Crippen molar-refractivity contribution in [2.45, 2.75) is 16.9 Å². The number of sulfonamides is 1. The molecule has 0 spiro atoms. The first-order chi connectivity index (χ1) is 14.6. The van der Waals surface area contributed by atoms with Gasteiger partial charge >= 0.3 is 6.18 Å². The monoisotopic (exact) mass is 468 g/mol. The Morgan fingerprint density at radius 2 is 1.90 bits per heavy atom. The summed E-state index contributed by atoms with van der Waals surface area (Å²) in [6.07, 6.45) is -1.36. The lowest BCUT2D eigenvalue weighted by Crippen LogP contribution is -2.25. The smallest absolute Gasteiger partial charge is 0.351 e. The van der Waals surface area contributed by atoms with Crippen molar-refractivity contribution in [3.63, 3.8) is 0 Å². The first-order valence-corrected chi connectivity index (χ1v) is 11.1. The van der Waals surface area contributed by atoms with E-state index in [0.29, 0.717) is 5.56 Å². The standard InChI is InChI=1S/C19H15F3N4O3S2/c1-25(11-13-10-23-26(12-13)14-5-3-2-4-6-14)31(27,28)18-8-7-16(30-18)15-9-17(29-24-15)19(20,21)22/h2-10,12H,11H2,1H3. The number of alkyl halides is 3. The van der Waals surface area contributed by atoms with Crippen LogP contribution in [0.3, 0.4) is 0 Å². The molecule has 0 unspecified atom stereocenters. The van der Waals surface area contributed by atoms with Crippen LogP contribution in [0.5, 0.6) is 0 Å². The molecule has 162 valence electrons. The molecule has 0 N–H and O–H groups in total. The lowest BCUT2D eigenvalue weighted by Gasteiger charge is -2.14. The Morgan fingerprint density at radius 3 is 2.58 bits per heavy atom. The molecule has 0 radical (unpaired) electrons. The van der Waals surface area contributed by atoms with Gasteiger partial charge in [0, 0.05) is 31.4 Å². The van der Waals surface area contributed by atoms with Gasteiger partial charge in [-0.25, -0.2) is 13.1 Å². The molecular formula is C19H15F3N4O3S2. The summed E-state index contributed by atoms with van der Waals surface area (Å²) in [5, 5.41) is 7.64. The van der Waals surface area contributed by atoms with E-state index in [2.05, 4.69) is 14.8 Å². The molecular weight excluding hydrogens is 453 g/mol.